The molecule has 9 heteroatoms. The maximum absolute atomic E-state index is 12.7. The van der Waals surface area contributed by atoms with Gasteiger partial charge in [0, 0.05) is 42.4 Å². The minimum Gasteiger partial charge on any atom is -0.342 e. The largest absolute Gasteiger partial charge is 0.342 e. The summed E-state index contributed by atoms with van der Waals surface area (Å²) in [5, 5.41) is 10.4. The number of rotatable bonds is 5. The molecule has 0 radical (unpaired) electrons. The summed E-state index contributed by atoms with van der Waals surface area (Å²) in [5.41, 5.74) is 5.63. The van der Waals surface area contributed by atoms with Gasteiger partial charge in [-0.25, -0.2) is 15.0 Å². The molecule has 31 heavy (non-hydrogen) atoms. The van der Waals surface area contributed by atoms with Crippen molar-refractivity contribution in [2.45, 2.75) is 52.6 Å². The van der Waals surface area contributed by atoms with Crippen molar-refractivity contribution in [3.63, 3.8) is 0 Å². The van der Waals surface area contributed by atoms with Crippen molar-refractivity contribution in [2.24, 2.45) is 5.92 Å². The number of hydrogen-bond acceptors (Lipinski definition) is 6. The van der Waals surface area contributed by atoms with Gasteiger partial charge < -0.3 is 14.8 Å². The van der Waals surface area contributed by atoms with Crippen LogP contribution in [0.15, 0.2) is 18.7 Å². The molecule has 1 aliphatic heterocycles. The molecule has 2 aliphatic rings. The second kappa shape index (κ2) is 7.79. The Morgan fingerprint density at radius 2 is 2.16 bits per heavy atom. The molecular weight excluding hydrogens is 392 g/mol. The molecule has 2 atom stereocenters. The van der Waals surface area contributed by atoms with E-state index in [-0.39, 0.29) is 11.9 Å². The Hall–Kier alpha value is -3.23. The van der Waals surface area contributed by atoms with E-state index >= 15 is 0 Å². The van der Waals surface area contributed by atoms with Crippen molar-refractivity contribution in [3.05, 3.63) is 52.6 Å². The highest BCUT2D eigenvalue weighted by molar-refractivity contribution is 5.92. The molecule has 2 N–H and O–H groups in total. The first-order chi connectivity index (χ1) is 15.0. The van der Waals surface area contributed by atoms with Gasteiger partial charge in [0.2, 0.25) is 5.95 Å². The van der Waals surface area contributed by atoms with Gasteiger partial charge in [-0.05, 0) is 44.6 Å². The minimum absolute atomic E-state index is 0.0610. The quantitative estimate of drug-likeness (QED) is 0.656. The van der Waals surface area contributed by atoms with Crippen molar-refractivity contribution in [1.29, 1.82) is 0 Å². The van der Waals surface area contributed by atoms with E-state index in [4.69, 9.17) is 4.98 Å². The van der Waals surface area contributed by atoms with Crippen molar-refractivity contribution < 1.29 is 4.79 Å². The average Bonchev–Trinajstić information content (AvgIpc) is 3.52. The summed E-state index contributed by atoms with van der Waals surface area (Å²) >= 11 is 0. The molecule has 5 rings (SSSR count). The lowest BCUT2D eigenvalue weighted by atomic mass is 10.2. The van der Waals surface area contributed by atoms with Gasteiger partial charge in [-0.15, -0.1) is 0 Å². The van der Waals surface area contributed by atoms with Crippen LogP contribution < -0.4 is 10.2 Å². The third kappa shape index (κ3) is 3.80. The molecule has 4 heterocycles. The lowest BCUT2D eigenvalue weighted by Crippen LogP contribution is -2.27. The Kier molecular flexibility index (Phi) is 4.95. The summed E-state index contributed by atoms with van der Waals surface area (Å²) in [5.74, 6) is 1.32. The highest BCUT2D eigenvalue weighted by Crippen LogP contribution is 2.31. The standard InChI is InChI=1S/C22H28N8O/c1-13-6-7-30(9-13)22-23-8-16(14(2)25-22)10-29-11-19(24-12-29)21(31)26-18-5-4-17-15(3)27-28-20(17)18/h8,11-13,18H,4-7,9-10H2,1-3H3,(H,26,31)(H,27,28)/t13?,18-/m1/s1. The second-order valence-corrected chi connectivity index (χ2v) is 8.83. The number of anilines is 1. The Balaban J connectivity index is 1.24. The Morgan fingerprint density at radius 1 is 1.29 bits per heavy atom. The van der Waals surface area contributed by atoms with E-state index in [0.29, 0.717) is 18.2 Å². The number of nitrogens with zero attached hydrogens (tertiary/aromatic N) is 6. The maximum Gasteiger partial charge on any atom is 0.272 e. The van der Waals surface area contributed by atoms with E-state index in [1.165, 1.54) is 12.0 Å². The van der Waals surface area contributed by atoms with Gasteiger partial charge in [0.25, 0.3) is 5.91 Å². The monoisotopic (exact) mass is 420 g/mol. The SMILES string of the molecule is Cc1nc(N2CCC(C)C2)ncc1Cn1cnc(C(=O)N[C@@H]2CCc3c2n[nH]c3C)c1. The zero-order valence-electron chi connectivity index (χ0n) is 18.2. The van der Waals surface area contributed by atoms with Gasteiger partial charge in [0.05, 0.1) is 24.6 Å². The van der Waals surface area contributed by atoms with E-state index < -0.39 is 0 Å². The van der Waals surface area contributed by atoms with Crippen LogP contribution in [0.25, 0.3) is 0 Å². The van der Waals surface area contributed by atoms with Crippen LogP contribution in [-0.4, -0.2) is 48.7 Å². The molecule has 0 aromatic carbocycles. The number of carbonyl (C=O) groups is 1. The Morgan fingerprint density at radius 3 is 2.94 bits per heavy atom. The Bertz CT molecular complexity index is 1120. The van der Waals surface area contributed by atoms with Crippen molar-refractivity contribution >= 4 is 11.9 Å². The molecule has 3 aromatic rings. The molecule has 1 aliphatic carbocycles. The predicted octanol–water partition coefficient (Wildman–Crippen LogP) is 2.32. The highest BCUT2D eigenvalue weighted by Gasteiger charge is 2.29. The summed E-state index contributed by atoms with van der Waals surface area (Å²) in [7, 11) is 0. The molecule has 1 saturated heterocycles. The summed E-state index contributed by atoms with van der Waals surface area (Å²) in [6.45, 7) is 8.89. The van der Waals surface area contributed by atoms with Crippen LogP contribution in [0.2, 0.25) is 0 Å². The number of amides is 1. The van der Waals surface area contributed by atoms with Crippen LogP contribution in [0.5, 0.6) is 0 Å². The second-order valence-electron chi connectivity index (χ2n) is 8.83. The van der Waals surface area contributed by atoms with Crippen LogP contribution >= 0.6 is 0 Å². The third-order valence-corrected chi connectivity index (χ3v) is 6.42. The van der Waals surface area contributed by atoms with Crippen LogP contribution in [0.3, 0.4) is 0 Å². The summed E-state index contributed by atoms with van der Waals surface area (Å²) < 4.78 is 1.90. The Labute approximate surface area is 181 Å². The van der Waals surface area contributed by atoms with Crippen LogP contribution in [-0.2, 0) is 13.0 Å². The van der Waals surface area contributed by atoms with Gasteiger partial charge in [-0.1, -0.05) is 6.92 Å². The first-order valence-corrected chi connectivity index (χ1v) is 10.9. The van der Waals surface area contributed by atoms with Gasteiger partial charge in [0.1, 0.15) is 5.69 Å². The normalized spacial score (nSPS) is 20.3. The zero-order valence-corrected chi connectivity index (χ0v) is 18.2. The first kappa shape index (κ1) is 19.7. The van der Waals surface area contributed by atoms with Gasteiger partial charge in [-0.3, -0.25) is 9.89 Å². The molecule has 3 aromatic heterocycles. The molecule has 0 bridgehead atoms. The van der Waals surface area contributed by atoms with Crippen LogP contribution in [0.4, 0.5) is 5.95 Å². The number of hydrogen-bond donors (Lipinski definition) is 2. The summed E-state index contributed by atoms with van der Waals surface area (Å²) in [6.07, 6.45) is 8.34. The lowest BCUT2D eigenvalue weighted by molar-refractivity contribution is 0.0931. The maximum atomic E-state index is 12.7. The fourth-order valence-corrected chi connectivity index (χ4v) is 4.54. The van der Waals surface area contributed by atoms with Crippen molar-refractivity contribution in [1.82, 2.24) is 35.0 Å². The van der Waals surface area contributed by atoms with E-state index in [0.717, 1.165) is 54.5 Å². The molecule has 0 saturated carbocycles. The number of aromatic amines is 1. The van der Waals surface area contributed by atoms with Crippen LogP contribution in [0.1, 0.15) is 64.5 Å². The zero-order chi connectivity index (χ0) is 21.5. The van der Waals surface area contributed by atoms with Crippen molar-refractivity contribution in [3.8, 4) is 0 Å². The summed E-state index contributed by atoms with van der Waals surface area (Å²) in [6, 6.07) is -0.0610. The lowest BCUT2D eigenvalue weighted by Gasteiger charge is -2.17. The van der Waals surface area contributed by atoms with Gasteiger partial charge in [-0.2, -0.15) is 5.10 Å². The molecule has 1 amide bonds. The third-order valence-electron chi connectivity index (χ3n) is 6.42. The topological polar surface area (TPSA) is 105 Å². The molecule has 162 valence electrons. The number of imidazole rings is 1. The fraction of sp³-hybridized carbons (Fsp3) is 0.500. The van der Waals surface area contributed by atoms with E-state index in [2.05, 4.69) is 37.3 Å². The molecule has 9 nitrogen and oxygen atoms in total. The highest BCUT2D eigenvalue weighted by atomic mass is 16.2. The van der Waals surface area contributed by atoms with Gasteiger partial charge >= 0.3 is 0 Å². The van der Waals surface area contributed by atoms with Gasteiger partial charge in [0.15, 0.2) is 0 Å². The number of H-pyrrole nitrogens is 1. The van der Waals surface area contributed by atoms with E-state index in [1.54, 1.807) is 12.5 Å². The predicted molar refractivity (Wildman–Crippen MR) is 116 cm³/mol. The molecular formula is C22H28N8O. The fourth-order valence-electron chi connectivity index (χ4n) is 4.54. The van der Waals surface area contributed by atoms with E-state index in [1.807, 2.05) is 24.6 Å². The van der Waals surface area contributed by atoms with E-state index in [9.17, 15) is 4.79 Å². The van der Waals surface area contributed by atoms with Crippen molar-refractivity contribution in [2.75, 3.05) is 18.0 Å². The number of aryl methyl sites for hydroxylation is 2. The molecule has 0 spiro atoms. The number of aromatic nitrogens is 6. The minimum atomic E-state index is -0.177. The summed E-state index contributed by atoms with van der Waals surface area (Å²) in [4.78, 5) is 28.6. The van der Waals surface area contributed by atoms with Crippen LogP contribution in [0, 0.1) is 19.8 Å². The molecule has 1 unspecified atom stereocenters. The number of fused-ring (bicyclic) bond motifs is 1. The number of nitrogens with one attached hydrogen (secondary N) is 2. The average molecular weight is 421 g/mol. The smallest absolute Gasteiger partial charge is 0.272 e. The first-order valence-electron chi connectivity index (χ1n) is 10.9. The number of carbonyl (C=O) groups excluding carboxylic acids is 1. The molecule has 1 fully saturated rings.